The van der Waals surface area contributed by atoms with Gasteiger partial charge in [-0.3, -0.25) is 39.2 Å². The number of rotatable bonds is 12. The zero-order chi connectivity index (χ0) is 41.9. The molecule has 0 spiro atoms. The molecule has 3 fully saturated rings. The van der Waals surface area contributed by atoms with Crippen molar-refractivity contribution in [2.24, 2.45) is 0 Å². The lowest BCUT2D eigenvalue weighted by Crippen LogP contribution is -2.54. The smallest absolute Gasteiger partial charge is 0.417 e. The summed E-state index contributed by atoms with van der Waals surface area (Å²) in [5, 5.41) is 17.7. The topological polar surface area (TPSA) is 150 Å². The molecule has 0 aromatic heterocycles. The summed E-state index contributed by atoms with van der Waals surface area (Å²) in [4.78, 5) is 57.4. The minimum Gasteiger partial charge on any atom is -0.492 e. The number of nitrogens with zero attached hydrogens (tertiary/aromatic N) is 5. The minimum atomic E-state index is -4.80. The molecule has 58 heavy (non-hydrogen) atoms. The molecule has 1 unspecified atom stereocenters. The first kappa shape index (κ1) is 42.0. The van der Waals surface area contributed by atoms with Crippen LogP contribution in [0.3, 0.4) is 0 Å². The van der Waals surface area contributed by atoms with Gasteiger partial charge in [0.2, 0.25) is 17.7 Å². The first-order chi connectivity index (χ1) is 27.5. The van der Waals surface area contributed by atoms with Crippen LogP contribution in [0.25, 0.3) is 0 Å². The number of nitrogens with one attached hydrogen (secondary N) is 3. The van der Waals surface area contributed by atoms with Crippen molar-refractivity contribution in [2.75, 3.05) is 59.8 Å². The van der Waals surface area contributed by atoms with Crippen molar-refractivity contribution in [3.05, 3.63) is 77.4 Å². The minimum absolute atomic E-state index is 0.0165. The fraction of sp³-hybridized carbons (Fsp3) is 0.415. The van der Waals surface area contributed by atoms with E-state index in [0.29, 0.717) is 55.3 Å². The van der Waals surface area contributed by atoms with E-state index in [1.807, 2.05) is 19.1 Å². The number of imide groups is 1. The van der Waals surface area contributed by atoms with Gasteiger partial charge in [-0.2, -0.15) is 18.4 Å². The van der Waals surface area contributed by atoms with E-state index in [4.69, 9.17) is 17.0 Å². The molecule has 0 aliphatic carbocycles. The first-order valence-electron chi connectivity index (χ1n) is 19.0. The molecule has 3 saturated heterocycles. The fourth-order valence-corrected chi connectivity index (χ4v) is 8.00. The maximum atomic E-state index is 13.8. The third kappa shape index (κ3) is 9.09. The van der Waals surface area contributed by atoms with Crippen LogP contribution in [0.4, 0.5) is 35.9 Å². The normalized spacial score (nSPS) is 20.2. The second-order valence-corrected chi connectivity index (χ2v) is 15.4. The Hall–Kier alpha value is -5.57. The monoisotopic (exact) mass is 818 g/mol. The molecule has 4 amide bonds. The molecule has 306 valence electrons. The van der Waals surface area contributed by atoms with Gasteiger partial charge in [0.25, 0.3) is 5.91 Å². The molecule has 13 nitrogen and oxygen atoms in total. The Balaban J connectivity index is 1.01. The van der Waals surface area contributed by atoms with E-state index in [0.717, 1.165) is 35.7 Å². The zero-order valence-electron chi connectivity index (χ0n) is 32.6. The molecule has 3 aliphatic heterocycles. The molecule has 0 bridgehead atoms. The molecule has 2 atom stereocenters. The van der Waals surface area contributed by atoms with Crippen LogP contribution in [0.15, 0.2) is 60.7 Å². The predicted octanol–water partition coefficient (Wildman–Crippen LogP) is 5.30. The number of piperazine rings is 1. The molecular weight excluding hydrogens is 774 g/mol. The SMILES string of the molecule is CCc1cc(N2C(=S)N(c3ccc(C#N)c(C(F)(F)F)c3)C(=O)C2(C)C)ccc1OCCN1CCN(CC(=O)Nc2cccc(NC3CCC(=O)NC3=O)c2)[C@@H](C)C1. The molecule has 0 radical (unpaired) electrons. The van der Waals surface area contributed by atoms with Crippen molar-refractivity contribution in [3.8, 4) is 11.8 Å². The molecule has 17 heteroatoms. The summed E-state index contributed by atoms with van der Waals surface area (Å²) in [5.74, 6) is -0.647. The van der Waals surface area contributed by atoms with Gasteiger partial charge in [-0.05, 0) is 106 Å². The van der Waals surface area contributed by atoms with E-state index in [1.165, 1.54) is 6.07 Å². The van der Waals surface area contributed by atoms with Gasteiger partial charge >= 0.3 is 6.18 Å². The third-order valence-electron chi connectivity index (χ3n) is 10.6. The highest BCUT2D eigenvalue weighted by atomic mass is 32.1. The van der Waals surface area contributed by atoms with Crippen LogP contribution in [-0.2, 0) is 31.8 Å². The van der Waals surface area contributed by atoms with Crippen molar-refractivity contribution in [2.45, 2.75) is 70.8 Å². The summed E-state index contributed by atoms with van der Waals surface area (Å²) in [6.45, 7) is 10.8. The largest absolute Gasteiger partial charge is 0.492 e. The van der Waals surface area contributed by atoms with Gasteiger partial charge in [-0.15, -0.1) is 0 Å². The van der Waals surface area contributed by atoms with E-state index in [9.17, 15) is 37.6 Å². The number of hydrogen-bond acceptors (Lipinski definition) is 10. The van der Waals surface area contributed by atoms with Crippen LogP contribution >= 0.6 is 12.2 Å². The van der Waals surface area contributed by atoms with Crippen molar-refractivity contribution >= 4 is 63.7 Å². The van der Waals surface area contributed by atoms with E-state index in [2.05, 4.69) is 32.7 Å². The number of carbonyl (C=O) groups is 4. The maximum absolute atomic E-state index is 13.8. The predicted molar refractivity (Wildman–Crippen MR) is 216 cm³/mol. The van der Waals surface area contributed by atoms with Gasteiger partial charge in [0.15, 0.2) is 5.11 Å². The second kappa shape index (κ2) is 17.1. The highest BCUT2D eigenvalue weighted by Gasteiger charge is 2.51. The van der Waals surface area contributed by atoms with Gasteiger partial charge in [0.1, 0.15) is 23.9 Å². The first-order valence-corrected chi connectivity index (χ1v) is 19.4. The zero-order valence-corrected chi connectivity index (χ0v) is 33.4. The van der Waals surface area contributed by atoms with E-state index in [-0.39, 0.29) is 47.5 Å². The lowest BCUT2D eigenvalue weighted by molar-refractivity contribution is -0.138. The molecule has 0 saturated carbocycles. The number of amides is 4. The number of alkyl halides is 3. The molecule has 6 rings (SSSR count). The quantitative estimate of drug-likeness (QED) is 0.162. The Bertz CT molecular complexity index is 2160. The molecular formula is C41H45F3N8O5S. The van der Waals surface area contributed by atoms with Crippen LogP contribution in [-0.4, -0.2) is 95.5 Å². The Morgan fingerprint density at radius 1 is 1.05 bits per heavy atom. The summed E-state index contributed by atoms with van der Waals surface area (Å²) in [5.41, 5.74) is -0.279. The van der Waals surface area contributed by atoms with Crippen molar-refractivity contribution in [1.82, 2.24) is 15.1 Å². The summed E-state index contributed by atoms with van der Waals surface area (Å²) < 4.78 is 47.6. The van der Waals surface area contributed by atoms with Crippen molar-refractivity contribution in [1.29, 1.82) is 5.26 Å². The second-order valence-electron chi connectivity index (χ2n) is 15.0. The average molecular weight is 819 g/mol. The van der Waals surface area contributed by atoms with Gasteiger partial charge < -0.3 is 20.3 Å². The molecule has 3 aromatic carbocycles. The number of nitriles is 1. The molecule has 3 N–H and O–H groups in total. The van der Waals surface area contributed by atoms with Gasteiger partial charge in [0.05, 0.1) is 29.4 Å². The fourth-order valence-electron chi connectivity index (χ4n) is 7.48. The number of hydrogen-bond donors (Lipinski definition) is 3. The number of aryl methyl sites for hydroxylation is 1. The van der Waals surface area contributed by atoms with E-state index >= 15 is 0 Å². The van der Waals surface area contributed by atoms with Gasteiger partial charge in [0, 0.05) is 55.7 Å². The van der Waals surface area contributed by atoms with Crippen molar-refractivity contribution < 1.29 is 37.1 Å². The summed E-state index contributed by atoms with van der Waals surface area (Å²) >= 11 is 5.71. The highest BCUT2D eigenvalue weighted by Crippen LogP contribution is 2.40. The summed E-state index contributed by atoms with van der Waals surface area (Å²) in [7, 11) is 0. The Morgan fingerprint density at radius 2 is 1.79 bits per heavy atom. The molecule has 3 aromatic rings. The van der Waals surface area contributed by atoms with Crippen molar-refractivity contribution in [3.63, 3.8) is 0 Å². The highest BCUT2D eigenvalue weighted by molar-refractivity contribution is 7.81. The molecule has 3 aliphatic rings. The number of ether oxygens (including phenoxy) is 1. The number of anilines is 4. The molecule has 3 heterocycles. The Morgan fingerprint density at radius 3 is 2.48 bits per heavy atom. The summed E-state index contributed by atoms with van der Waals surface area (Å²) in [6, 6.07) is 16.8. The lowest BCUT2D eigenvalue weighted by Gasteiger charge is -2.39. The van der Waals surface area contributed by atoms with Crippen LogP contribution in [0.2, 0.25) is 0 Å². The summed E-state index contributed by atoms with van der Waals surface area (Å²) in [6.07, 6.45) is -3.53. The van der Waals surface area contributed by atoms with Crippen LogP contribution in [0, 0.1) is 11.3 Å². The van der Waals surface area contributed by atoms with Crippen LogP contribution < -0.4 is 30.5 Å². The van der Waals surface area contributed by atoms with E-state index in [1.54, 1.807) is 55.1 Å². The van der Waals surface area contributed by atoms with Crippen LogP contribution in [0.1, 0.15) is 57.2 Å². The number of benzene rings is 3. The van der Waals surface area contributed by atoms with E-state index < -0.39 is 34.8 Å². The number of carbonyl (C=O) groups excluding carboxylic acids is 4. The van der Waals surface area contributed by atoms with Crippen LogP contribution in [0.5, 0.6) is 5.75 Å². The average Bonchev–Trinajstić information content (AvgIpc) is 3.35. The number of piperidine rings is 1. The van der Waals surface area contributed by atoms with Gasteiger partial charge in [-0.1, -0.05) is 13.0 Å². The maximum Gasteiger partial charge on any atom is 0.417 e. The van der Waals surface area contributed by atoms with Gasteiger partial charge in [-0.25, -0.2) is 0 Å². The third-order valence-corrected chi connectivity index (χ3v) is 11.0. The number of halogens is 3. The standard InChI is InChI=1S/C41H45F3N8O5S/c1-5-26-19-31(52-39(58)51(38(56)40(52,3)4)30-10-9-27(22-45)32(21-30)41(42,43)44)11-13-34(26)57-18-17-49-15-16-50(25(2)23-49)24-36(54)47-29-8-6-7-28(20-29)46-33-12-14-35(53)48-37(33)55/h6-11,13,19-21,25,33,46H,5,12,14-18,23-24H2,1-4H3,(H,47,54)(H,48,53,55)/t25-,33?/m0/s1. The Labute approximate surface area is 340 Å². The number of thiocarbonyl (C=S) groups is 1. The lowest BCUT2D eigenvalue weighted by atomic mass is 10.0. The Kier molecular flexibility index (Phi) is 12.4.